The Labute approximate surface area is 176 Å². The average Bonchev–Trinajstić information content (AvgIpc) is 2.98. The Kier molecular flexibility index (Phi) is 6.19. The monoisotopic (exact) mass is 440 g/mol. The highest BCUT2D eigenvalue weighted by Crippen LogP contribution is 2.25. The molecule has 2 aromatic carbocycles. The lowest BCUT2D eigenvalue weighted by atomic mass is 10.2. The molecule has 3 aromatic rings. The predicted molar refractivity (Wildman–Crippen MR) is 115 cm³/mol. The largest absolute Gasteiger partial charge is 0.326 e. The first kappa shape index (κ1) is 20.9. The SMILES string of the molecule is CCCN1CCn2c(nc3cc(NS(=O)(=O)c4ccc(Cl)cc4)ccc32)C1.Cl. The summed E-state index contributed by atoms with van der Waals surface area (Å²) < 4.78 is 30.0. The van der Waals surface area contributed by atoms with Gasteiger partial charge in [-0.05, 0) is 55.4 Å². The van der Waals surface area contributed by atoms with Crippen LogP contribution in [-0.4, -0.2) is 36.0 Å². The molecule has 1 aromatic heterocycles. The van der Waals surface area contributed by atoms with Crippen molar-refractivity contribution in [1.29, 1.82) is 0 Å². The number of fused-ring (bicyclic) bond motifs is 3. The molecular weight excluding hydrogens is 419 g/mol. The topological polar surface area (TPSA) is 67.2 Å². The summed E-state index contributed by atoms with van der Waals surface area (Å²) in [6, 6.07) is 11.6. The van der Waals surface area contributed by atoms with E-state index in [2.05, 4.69) is 21.1 Å². The molecule has 0 amide bonds. The third kappa shape index (κ3) is 4.12. The van der Waals surface area contributed by atoms with Crippen LogP contribution in [0.2, 0.25) is 5.02 Å². The first-order valence-electron chi connectivity index (χ1n) is 8.96. The molecule has 0 aliphatic carbocycles. The van der Waals surface area contributed by atoms with Crippen LogP contribution in [0, 0.1) is 0 Å². The number of benzene rings is 2. The van der Waals surface area contributed by atoms with Crippen LogP contribution in [0.3, 0.4) is 0 Å². The van der Waals surface area contributed by atoms with Gasteiger partial charge in [-0.3, -0.25) is 9.62 Å². The molecule has 0 bridgehead atoms. The number of anilines is 1. The van der Waals surface area contributed by atoms with Gasteiger partial charge < -0.3 is 4.57 Å². The molecule has 4 rings (SSSR count). The van der Waals surface area contributed by atoms with E-state index in [0.29, 0.717) is 10.7 Å². The molecular formula is C19H22Cl2N4O2S. The number of imidazole rings is 1. The molecule has 0 saturated carbocycles. The number of nitrogens with zero attached hydrogens (tertiary/aromatic N) is 3. The van der Waals surface area contributed by atoms with E-state index in [4.69, 9.17) is 16.6 Å². The predicted octanol–water partition coefficient (Wildman–Crippen LogP) is 4.14. The Morgan fingerprint density at radius 2 is 1.89 bits per heavy atom. The number of nitrogens with one attached hydrogen (secondary N) is 1. The Morgan fingerprint density at radius 1 is 1.14 bits per heavy atom. The maximum atomic E-state index is 12.6. The van der Waals surface area contributed by atoms with Gasteiger partial charge in [0.15, 0.2) is 0 Å². The van der Waals surface area contributed by atoms with Crippen LogP contribution in [0.25, 0.3) is 11.0 Å². The smallest absolute Gasteiger partial charge is 0.261 e. The molecule has 150 valence electrons. The van der Waals surface area contributed by atoms with Gasteiger partial charge in [0.2, 0.25) is 0 Å². The molecule has 9 heteroatoms. The van der Waals surface area contributed by atoms with E-state index in [1.165, 1.54) is 12.1 Å². The van der Waals surface area contributed by atoms with Crippen molar-refractivity contribution in [3.63, 3.8) is 0 Å². The van der Waals surface area contributed by atoms with Gasteiger partial charge in [0.05, 0.1) is 28.2 Å². The summed E-state index contributed by atoms with van der Waals surface area (Å²) >= 11 is 5.84. The number of halogens is 2. The van der Waals surface area contributed by atoms with Crippen LogP contribution in [-0.2, 0) is 23.1 Å². The van der Waals surface area contributed by atoms with Gasteiger partial charge in [0, 0.05) is 18.1 Å². The second kappa shape index (κ2) is 8.29. The Balaban J connectivity index is 0.00000225. The average molecular weight is 441 g/mol. The van der Waals surface area contributed by atoms with Crippen molar-refractivity contribution < 1.29 is 8.42 Å². The lowest BCUT2D eigenvalue weighted by molar-refractivity contribution is 0.219. The second-order valence-corrected chi connectivity index (χ2v) is 8.84. The molecule has 0 fully saturated rings. The van der Waals surface area contributed by atoms with E-state index in [1.54, 1.807) is 24.3 Å². The van der Waals surface area contributed by atoms with Crippen LogP contribution < -0.4 is 4.72 Å². The fourth-order valence-electron chi connectivity index (χ4n) is 3.47. The fourth-order valence-corrected chi connectivity index (χ4v) is 4.64. The number of sulfonamides is 1. The molecule has 0 unspecified atom stereocenters. The van der Waals surface area contributed by atoms with Crippen molar-refractivity contribution in [1.82, 2.24) is 14.5 Å². The third-order valence-electron chi connectivity index (χ3n) is 4.75. The normalized spacial score (nSPS) is 14.5. The van der Waals surface area contributed by atoms with Gasteiger partial charge in [0.1, 0.15) is 5.82 Å². The van der Waals surface area contributed by atoms with Gasteiger partial charge in [-0.25, -0.2) is 13.4 Å². The highest BCUT2D eigenvalue weighted by atomic mass is 35.5. The quantitative estimate of drug-likeness (QED) is 0.647. The highest BCUT2D eigenvalue weighted by molar-refractivity contribution is 7.92. The molecule has 2 heterocycles. The third-order valence-corrected chi connectivity index (χ3v) is 6.40. The minimum absolute atomic E-state index is 0. The number of aromatic nitrogens is 2. The zero-order chi connectivity index (χ0) is 19.0. The highest BCUT2D eigenvalue weighted by Gasteiger charge is 2.20. The van der Waals surface area contributed by atoms with E-state index in [9.17, 15) is 8.42 Å². The second-order valence-electron chi connectivity index (χ2n) is 6.72. The summed E-state index contributed by atoms with van der Waals surface area (Å²) in [5.41, 5.74) is 2.34. The van der Waals surface area contributed by atoms with Crippen molar-refractivity contribution in [2.75, 3.05) is 17.8 Å². The van der Waals surface area contributed by atoms with Crippen molar-refractivity contribution >= 4 is 50.8 Å². The summed E-state index contributed by atoms with van der Waals surface area (Å²) in [4.78, 5) is 7.30. The zero-order valence-electron chi connectivity index (χ0n) is 15.4. The van der Waals surface area contributed by atoms with Crippen LogP contribution in [0.15, 0.2) is 47.4 Å². The summed E-state index contributed by atoms with van der Waals surface area (Å²) in [6.07, 6.45) is 1.12. The molecule has 1 N–H and O–H groups in total. The number of hydrogen-bond acceptors (Lipinski definition) is 4. The lowest BCUT2D eigenvalue weighted by Crippen LogP contribution is -2.34. The van der Waals surface area contributed by atoms with Crippen molar-refractivity contribution in [3.05, 3.63) is 53.3 Å². The summed E-state index contributed by atoms with van der Waals surface area (Å²) in [6.45, 7) is 5.99. The molecule has 28 heavy (non-hydrogen) atoms. The van der Waals surface area contributed by atoms with Crippen LogP contribution in [0.5, 0.6) is 0 Å². The van der Waals surface area contributed by atoms with Crippen LogP contribution in [0.4, 0.5) is 5.69 Å². The first-order valence-corrected chi connectivity index (χ1v) is 10.8. The van der Waals surface area contributed by atoms with Gasteiger partial charge in [-0.2, -0.15) is 0 Å². The van der Waals surface area contributed by atoms with E-state index < -0.39 is 10.0 Å². The van der Waals surface area contributed by atoms with E-state index >= 15 is 0 Å². The Morgan fingerprint density at radius 3 is 2.61 bits per heavy atom. The van der Waals surface area contributed by atoms with Gasteiger partial charge >= 0.3 is 0 Å². The van der Waals surface area contributed by atoms with Crippen LogP contribution in [0.1, 0.15) is 19.2 Å². The number of hydrogen-bond donors (Lipinski definition) is 1. The van der Waals surface area contributed by atoms with Gasteiger partial charge in [-0.15, -0.1) is 12.4 Å². The molecule has 0 saturated heterocycles. The van der Waals surface area contributed by atoms with E-state index in [1.807, 2.05) is 6.07 Å². The molecule has 1 aliphatic rings. The molecule has 0 radical (unpaired) electrons. The molecule has 0 atom stereocenters. The lowest BCUT2D eigenvalue weighted by Gasteiger charge is -2.27. The molecule has 6 nitrogen and oxygen atoms in total. The van der Waals surface area contributed by atoms with E-state index in [0.717, 1.165) is 49.5 Å². The number of rotatable bonds is 5. The Hall–Kier alpha value is -1.80. The van der Waals surface area contributed by atoms with Gasteiger partial charge in [0.25, 0.3) is 10.0 Å². The summed E-state index contributed by atoms with van der Waals surface area (Å²) in [7, 11) is -3.67. The minimum atomic E-state index is -3.67. The van der Waals surface area contributed by atoms with Gasteiger partial charge in [-0.1, -0.05) is 18.5 Å². The summed E-state index contributed by atoms with van der Waals surface area (Å²) in [5, 5.41) is 0.496. The van der Waals surface area contributed by atoms with Crippen LogP contribution >= 0.6 is 24.0 Å². The molecule has 1 aliphatic heterocycles. The van der Waals surface area contributed by atoms with Crippen molar-refractivity contribution in [3.8, 4) is 0 Å². The zero-order valence-corrected chi connectivity index (χ0v) is 17.8. The maximum Gasteiger partial charge on any atom is 0.261 e. The maximum absolute atomic E-state index is 12.6. The minimum Gasteiger partial charge on any atom is -0.326 e. The first-order chi connectivity index (χ1) is 13.0. The van der Waals surface area contributed by atoms with E-state index in [-0.39, 0.29) is 17.3 Å². The fraction of sp³-hybridized carbons (Fsp3) is 0.316. The molecule has 0 spiro atoms. The van der Waals surface area contributed by atoms with Crippen molar-refractivity contribution in [2.24, 2.45) is 0 Å². The summed E-state index contributed by atoms with van der Waals surface area (Å²) in [5.74, 6) is 1.03. The van der Waals surface area contributed by atoms with Crippen molar-refractivity contribution in [2.45, 2.75) is 31.3 Å². The standard InChI is InChI=1S/C19H21ClN4O2S.ClH/c1-2-9-23-10-11-24-18-8-5-15(12-17(18)21-19(24)13-23)22-27(25,26)16-6-3-14(20)4-7-16;/h3-8,12,22H,2,9-11,13H2,1H3;1H. The Bertz CT molecular complexity index is 1080.